The topological polar surface area (TPSA) is 80.2 Å². The first kappa shape index (κ1) is 22.3. The Bertz CT molecular complexity index is 1340. The van der Waals surface area contributed by atoms with Gasteiger partial charge in [-0.1, -0.05) is 54.1 Å². The molecule has 2 aromatic heterocycles. The Balaban J connectivity index is 1.55. The zero-order valence-corrected chi connectivity index (χ0v) is 19.5. The number of hydrogen-bond acceptors (Lipinski definition) is 6. The lowest BCUT2D eigenvalue weighted by Crippen LogP contribution is -2.03. The molecule has 0 bridgehead atoms. The van der Waals surface area contributed by atoms with Gasteiger partial charge in [0.05, 0.1) is 22.4 Å². The molecule has 0 aliphatic heterocycles. The molecule has 32 heavy (non-hydrogen) atoms. The predicted octanol–water partition coefficient (Wildman–Crippen LogP) is 5.13. The summed E-state index contributed by atoms with van der Waals surface area (Å²) in [6, 6.07) is 20.5. The highest BCUT2D eigenvalue weighted by Crippen LogP contribution is 2.31. The first-order valence-corrected chi connectivity index (χ1v) is 12.7. The van der Waals surface area contributed by atoms with Crippen LogP contribution in [0.3, 0.4) is 0 Å². The molecule has 0 radical (unpaired) electrons. The second-order valence-electron chi connectivity index (χ2n) is 7.82. The molecule has 2 aromatic carbocycles. The fraction of sp³-hybridized carbons (Fsp3) is 0.200. The SMILES string of the molecule is Cc1cccc(CS(=O)(=O)c2ccc(-c3ccnc(Cc4cccc(C(C)O)c4)n3)s2)c1. The Labute approximate surface area is 192 Å². The van der Waals surface area contributed by atoms with E-state index in [0.29, 0.717) is 22.1 Å². The minimum Gasteiger partial charge on any atom is -0.389 e. The van der Waals surface area contributed by atoms with Crippen LogP contribution in [0.4, 0.5) is 0 Å². The molecule has 4 aromatic rings. The number of hydrogen-bond donors (Lipinski definition) is 1. The summed E-state index contributed by atoms with van der Waals surface area (Å²) in [6.07, 6.45) is 1.68. The van der Waals surface area contributed by atoms with E-state index in [4.69, 9.17) is 0 Å². The lowest BCUT2D eigenvalue weighted by Gasteiger charge is -2.07. The van der Waals surface area contributed by atoms with Gasteiger partial charge in [-0.05, 0) is 48.7 Å². The summed E-state index contributed by atoms with van der Waals surface area (Å²) in [7, 11) is -3.44. The summed E-state index contributed by atoms with van der Waals surface area (Å²) in [6.45, 7) is 3.68. The number of aryl methyl sites for hydroxylation is 1. The van der Waals surface area contributed by atoms with Crippen molar-refractivity contribution in [2.75, 3.05) is 0 Å². The van der Waals surface area contributed by atoms with Crippen molar-refractivity contribution in [3.8, 4) is 10.6 Å². The van der Waals surface area contributed by atoms with Crippen LogP contribution >= 0.6 is 11.3 Å². The number of aromatic nitrogens is 2. The number of sulfone groups is 1. The summed E-state index contributed by atoms with van der Waals surface area (Å²) in [4.78, 5) is 9.80. The highest BCUT2D eigenvalue weighted by molar-refractivity contribution is 7.92. The van der Waals surface area contributed by atoms with Crippen molar-refractivity contribution in [3.63, 3.8) is 0 Å². The lowest BCUT2D eigenvalue weighted by atomic mass is 10.0. The van der Waals surface area contributed by atoms with Gasteiger partial charge in [0.2, 0.25) is 0 Å². The molecular formula is C25H24N2O3S2. The fourth-order valence-electron chi connectivity index (χ4n) is 3.48. The van der Waals surface area contributed by atoms with Crippen molar-refractivity contribution in [3.05, 3.63) is 101 Å². The molecule has 7 heteroatoms. The standard InChI is InChI=1S/C25H24N2O3S2/c1-17-5-3-7-20(13-17)16-32(29,30)25-10-9-23(31-25)22-11-12-26-24(27-22)15-19-6-4-8-21(14-19)18(2)28/h3-14,18,28H,15-16H2,1-2H3. The average molecular weight is 465 g/mol. The van der Waals surface area contributed by atoms with E-state index in [-0.39, 0.29) is 5.75 Å². The fourth-order valence-corrected chi connectivity index (χ4v) is 6.18. The molecule has 2 heterocycles. The zero-order valence-electron chi connectivity index (χ0n) is 17.9. The molecule has 0 saturated heterocycles. The van der Waals surface area contributed by atoms with E-state index >= 15 is 0 Å². The Hall–Kier alpha value is -2.87. The van der Waals surface area contributed by atoms with Gasteiger partial charge in [-0.15, -0.1) is 11.3 Å². The summed E-state index contributed by atoms with van der Waals surface area (Å²) in [5, 5.41) is 9.80. The van der Waals surface area contributed by atoms with Crippen LogP contribution in [0.5, 0.6) is 0 Å². The number of aliphatic hydroxyl groups is 1. The van der Waals surface area contributed by atoms with E-state index in [0.717, 1.165) is 27.1 Å². The van der Waals surface area contributed by atoms with Crippen LogP contribution in [0, 0.1) is 6.92 Å². The summed E-state index contributed by atoms with van der Waals surface area (Å²) in [5.74, 6) is 0.617. The second-order valence-corrected chi connectivity index (χ2v) is 11.1. The van der Waals surface area contributed by atoms with Crippen LogP contribution in [-0.2, 0) is 22.0 Å². The minimum atomic E-state index is -3.44. The highest BCUT2D eigenvalue weighted by atomic mass is 32.2. The van der Waals surface area contributed by atoms with E-state index < -0.39 is 15.9 Å². The Morgan fingerprint density at radius 2 is 1.78 bits per heavy atom. The number of rotatable bonds is 7. The summed E-state index contributed by atoms with van der Waals surface area (Å²) in [5.41, 5.74) is 4.37. The Kier molecular flexibility index (Phi) is 6.50. The number of aliphatic hydroxyl groups excluding tert-OH is 1. The van der Waals surface area contributed by atoms with Gasteiger partial charge in [0.25, 0.3) is 0 Å². The molecule has 1 N–H and O–H groups in total. The third-order valence-electron chi connectivity index (χ3n) is 5.08. The van der Waals surface area contributed by atoms with Gasteiger partial charge in [0.1, 0.15) is 10.0 Å². The van der Waals surface area contributed by atoms with Crippen LogP contribution in [-0.4, -0.2) is 23.5 Å². The van der Waals surface area contributed by atoms with Gasteiger partial charge in [-0.3, -0.25) is 0 Å². The van der Waals surface area contributed by atoms with Crippen molar-refractivity contribution >= 4 is 21.2 Å². The normalized spacial score (nSPS) is 12.6. The first-order chi connectivity index (χ1) is 15.3. The molecule has 0 aliphatic carbocycles. The molecule has 1 atom stereocenters. The first-order valence-electron chi connectivity index (χ1n) is 10.3. The summed E-state index contributed by atoms with van der Waals surface area (Å²) < 4.78 is 26.2. The minimum absolute atomic E-state index is 0.0245. The van der Waals surface area contributed by atoms with E-state index in [1.54, 1.807) is 31.3 Å². The Morgan fingerprint density at radius 1 is 1.00 bits per heavy atom. The molecule has 0 fully saturated rings. The van der Waals surface area contributed by atoms with Crippen molar-refractivity contribution in [2.24, 2.45) is 0 Å². The van der Waals surface area contributed by atoms with Crippen molar-refractivity contribution in [2.45, 2.75) is 36.3 Å². The maximum Gasteiger partial charge on any atom is 0.191 e. The van der Waals surface area contributed by atoms with E-state index in [9.17, 15) is 13.5 Å². The smallest absolute Gasteiger partial charge is 0.191 e. The maximum atomic E-state index is 12.9. The molecule has 0 aliphatic rings. The van der Waals surface area contributed by atoms with Crippen LogP contribution < -0.4 is 0 Å². The third-order valence-corrected chi connectivity index (χ3v) is 8.46. The van der Waals surface area contributed by atoms with E-state index in [1.807, 2.05) is 55.5 Å². The average Bonchev–Trinajstić information content (AvgIpc) is 3.25. The predicted molar refractivity (Wildman–Crippen MR) is 127 cm³/mol. The van der Waals surface area contributed by atoms with E-state index in [2.05, 4.69) is 9.97 Å². The van der Waals surface area contributed by atoms with Crippen LogP contribution in [0.1, 0.15) is 41.1 Å². The number of thiophene rings is 1. The number of benzene rings is 2. The van der Waals surface area contributed by atoms with Crippen molar-refractivity contribution in [1.29, 1.82) is 0 Å². The van der Waals surface area contributed by atoms with Gasteiger partial charge in [-0.25, -0.2) is 18.4 Å². The van der Waals surface area contributed by atoms with Crippen LogP contribution in [0.25, 0.3) is 10.6 Å². The third kappa shape index (κ3) is 5.30. The lowest BCUT2D eigenvalue weighted by molar-refractivity contribution is 0.199. The largest absolute Gasteiger partial charge is 0.389 e. The number of nitrogens with zero attached hydrogens (tertiary/aromatic N) is 2. The van der Waals surface area contributed by atoms with Gasteiger partial charge in [-0.2, -0.15) is 0 Å². The highest BCUT2D eigenvalue weighted by Gasteiger charge is 2.19. The van der Waals surface area contributed by atoms with Gasteiger partial charge in [0, 0.05) is 12.6 Å². The van der Waals surface area contributed by atoms with Crippen LogP contribution in [0.2, 0.25) is 0 Å². The van der Waals surface area contributed by atoms with Gasteiger partial charge < -0.3 is 5.11 Å². The van der Waals surface area contributed by atoms with Crippen molar-refractivity contribution in [1.82, 2.24) is 9.97 Å². The molecule has 5 nitrogen and oxygen atoms in total. The molecule has 4 rings (SSSR count). The zero-order chi connectivity index (χ0) is 22.7. The maximum absolute atomic E-state index is 12.9. The monoisotopic (exact) mass is 464 g/mol. The molecule has 1 unspecified atom stereocenters. The molecule has 164 valence electrons. The van der Waals surface area contributed by atoms with Crippen molar-refractivity contribution < 1.29 is 13.5 Å². The van der Waals surface area contributed by atoms with Gasteiger partial charge in [0.15, 0.2) is 9.84 Å². The molecule has 0 amide bonds. The molecule has 0 spiro atoms. The molecular weight excluding hydrogens is 440 g/mol. The molecule has 0 saturated carbocycles. The Morgan fingerprint density at radius 3 is 2.56 bits per heavy atom. The van der Waals surface area contributed by atoms with Crippen LogP contribution in [0.15, 0.2) is 77.1 Å². The van der Waals surface area contributed by atoms with E-state index in [1.165, 1.54) is 11.3 Å². The quantitative estimate of drug-likeness (QED) is 0.410. The van der Waals surface area contributed by atoms with Gasteiger partial charge >= 0.3 is 0 Å². The second kappa shape index (κ2) is 9.32. The summed E-state index contributed by atoms with van der Waals surface area (Å²) >= 11 is 1.23.